The zero-order valence-corrected chi connectivity index (χ0v) is 23.4. The number of amides is 1. The molecule has 1 aliphatic carbocycles. The van der Waals surface area contributed by atoms with Crippen LogP contribution >= 0.6 is 11.6 Å². The molecule has 6 rings (SSSR count). The summed E-state index contributed by atoms with van der Waals surface area (Å²) < 4.78 is 8.22. The third-order valence-electron chi connectivity index (χ3n) is 8.54. The van der Waals surface area contributed by atoms with Crippen molar-refractivity contribution in [3.8, 4) is 11.3 Å². The molecule has 2 aliphatic heterocycles. The molecule has 2 saturated heterocycles. The number of anilines is 1. The summed E-state index contributed by atoms with van der Waals surface area (Å²) in [6, 6.07) is 8.11. The first-order valence-corrected chi connectivity index (χ1v) is 14.4. The maximum absolute atomic E-state index is 11.8. The van der Waals surface area contributed by atoms with Crippen molar-refractivity contribution < 1.29 is 14.4 Å². The van der Waals surface area contributed by atoms with E-state index < -0.39 is 12.3 Å². The van der Waals surface area contributed by atoms with E-state index in [-0.39, 0.29) is 12.1 Å². The van der Waals surface area contributed by atoms with Crippen LogP contribution in [0.15, 0.2) is 24.3 Å². The van der Waals surface area contributed by atoms with Crippen molar-refractivity contribution >= 4 is 34.8 Å². The summed E-state index contributed by atoms with van der Waals surface area (Å²) in [6.07, 6.45) is 4.54. The minimum absolute atomic E-state index is 0.192. The second-order valence-electron chi connectivity index (χ2n) is 11.1. The van der Waals surface area contributed by atoms with E-state index in [1.54, 1.807) is 0 Å². The van der Waals surface area contributed by atoms with Crippen LogP contribution < -0.4 is 15.7 Å². The van der Waals surface area contributed by atoms with Gasteiger partial charge in [-0.3, -0.25) is 5.32 Å². The lowest BCUT2D eigenvalue weighted by Crippen LogP contribution is -2.46. The van der Waals surface area contributed by atoms with E-state index in [0.29, 0.717) is 35.6 Å². The summed E-state index contributed by atoms with van der Waals surface area (Å²) in [5.41, 5.74) is 5.76. The van der Waals surface area contributed by atoms with Crippen LogP contribution in [-0.2, 0) is 9.57 Å². The van der Waals surface area contributed by atoms with Gasteiger partial charge in [0.1, 0.15) is 11.2 Å². The van der Waals surface area contributed by atoms with Gasteiger partial charge in [0.25, 0.3) is 0 Å². The molecule has 0 radical (unpaired) electrons. The van der Waals surface area contributed by atoms with E-state index in [2.05, 4.69) is 41.0 Å². The fourth-order valence-electron chi connectivity index (χ4n) is 6.20. The van der Waals surface area contributed by atoms with Crippen LogP contribution in [0.4, 0.5) is 10.7 Å². The van der Waals surface area contributed by atoms with Gasteiger partial charge in [0, 0.05) is 23.2 Å². The van der Waals surface area contributed by atoms with Crippen molar-refractivity contribution in [1.82, 2.24) is 30.3 Å². The molecule has 3 atom stereocenters. The predicted octanol–water partition coefficient (Wildman–Crippen LogP) is 5.39. The van der Waals surface area contributed by atoms with Crippen molar-refractivity contribution in [3.63, 3.8) is 0 Å². The molecule has 0 bridgehead atoms. The number of hydroxylamine groups is 1. The van der Waals surface area contributed by atoms with Crippen LogP contribution in [0, 0.1) is 11.8 Å². The zero-order chi connectivity index (χ0) is 27.1. The summed E-state index contributed by atoms with van der Waals surface area (Å²) in [5, 5.41) is 3.34. The van der Waals surface area contributed by atoms with Gasteiger partial charge >= 0.3 is 6.09 Å². The molecule has 4 heterocycles. The van der Waals surface area contributed by atoms with E-state index >= 15 is 0 Å². The Labute approximate surface area is 233 Å². The number of nitrogens with zero attached hydrogens (tertiary/aromatic N) is 5. The number of carbonyl (C=O) groups is 1. The van der Waals surface area contributed by atoms with Gasteiger partial charge in [0.05, 0.1) is 19.3 Å². The number of carbonyl (C=O) groups excluding carboxylic acids is 1. The second-order valence-corrected chi connectivity index (χ2v) is 11.5. The van der Waals surface area contributed by atoms with Crippen LogP contribution in [0.5, 0.6) is 0 Å². The first-order chi connectivity index (χ1) is 18.9. The van der Waals surface area contributed by atoms with Gasteiger partial charge in [-0.1, -0.05) is 50.4 Å². The van der Waals surface area contributed by atoms with Crippen LogP contribution in [-0.4, -0.2) is 51.4 Å². The first-order valence-electron chi connectivity index (χ1n) is 14.1. The summed E-state index contributed by atoms with van der Waals surface area (Å²) in [6.45, 7) is 8.94. The van der Waals surface area contributed by atoms with Crippen molar-refractivity contribution in [3.05, 3.63) is 35.1 Å². The number of halogens is 1. The number of morpholine rings is 1. The van der Waals surface area contributed by atoms with E-state index in [0.717, 1.165) is 41.6 Å². The van der Waals surface area contributed by atoms with Gasteiger partial charge in [0.2, 0.25) is 5.95 Å². The lowest BCUT2D eigenvalue weighted by atomic mass is 9.79. The molecule has 3 fully saturated rings. The van der Waals surface area contributed by atoms with Gasteiger partial charge in [0.15, 0.2) is 17.6 Å². The van der Waals surface area contributed by atoms with Gasteiger partial charge < -0.3 is 19.0 Å². The third-order valence-corrected chi connectivity index (χ3v) is 8.77. The lowest BCUT2D eigenvalue weighted by molar-refractivity contribution is 0.0913. The number of imidazole rings is 1. The molecule has 0 spiro atoms. The Morgan fingerprint density at radius 1 is 1.18 bits per heavy atom. The average Bonchev–Trinajstić information content (AvgIpc) is 3.56. The molecule has 208 valence electrons. The van der Waals surface area contributed by atoms with Crippen LogP contribution in [0.3, 0.4) is 0 Å². The van der Waals surface area contributed by atoms with E-state index in [1.807, 2.05) is 24.3 Å². The highest BCUT2D eigenvalue weighted by Gasteiger charge is 2.35. The van der Waals surface area contributed by atoms with E-state index in [9.17, 15) is 4.79 Å². The summed E-state index contributed by atoms with van der Waals surface area (Å²) in [7, 11) is 0. The maximum atomic E-state index is 11.8. The Morgan fingerprint density at radius 3 is 2.72 bits per heavy atom. The monoisotopic (exact) mass is 553 g/mol. The molecule has 1 aromatic carbocycles. The molecular weight excluding hydrogens is 518 g/mol. The Morgan fingerprint density at radius 2 is 2.00 bits per heavy atom. The highest BCUT2D eigenvalue weighted by atomic mass is 35.5. The molecule has 10 nitrogen and oxygen atoms in total. The molecule has 2 N–H and O–H groups in total. The van der Waals surface area contributed by atoms with Crippen molar-refractivity contribution in [2.75, 3.05) is 24.7 Å². The molecule has 11 heteroatoms. The number of hydrogen-bond acceptors (Lipinski definition) is 8. The van der Waals surface area contributed by atoms with Crippen molar-refractivity contribution in [1.29, 1.82) is 0 Å². The molecule has 2 unspecified atom stereocenters. The second kappa shape index (κ2) is 10.9. The number of hydrogen-bond donors (Lipinski definition) is 2. The van der Waals surface area contributed by atoms with Gasteiger partial charge in [-0.05, 0) is 50.2 Å². The van der Waals surface area contributed by atoms with E-state index in [1.165, 1.54) is 25.7 Å². The highest BCUT2D eigenvalue weighted by Crippen LogP contribution is 2.41. The number of aromatic nitrogens is 4. The minimum atomic E-state index is -0.683. The summed E-state index contributed by atoms with van der Waals surface area (Å²) in [5.74, 6) is 2.57. The Balaban J connectivity index is 1.58. The largest absolute Gasteiger partial charge is 0.427 e. The number of nitrogens with one attached hydrogen (secondary N) is 2. The molecule has 3 aromatic rings. The van der Waals surface area contributed by atoms with Crippen molar-refractivity contribution in [2.24, 2.45) is 11.8 Å². The van der Waals surface area contributed by atoms with Crippen LogP contribution in [0.2, 0.25) is 5.02 Å². The topological polar surface area (TPSA) is 106 Å². The van der Waals surface area contributed by atoms with Gasteiger partial charge in [-0.15, -0.1) is 5.48 Å². The zero-order valence-electron chi connectivity index (χ0n) is 22.7. The Bertz CT molecular complexity index is 1360. The fourth-order valence-corrected chi connectivity index (χ4v) is 6.39. The first kappa shape index (κ1) is 26.3. The number of ether oxygens (including phenoxy) is 1. The Hall–Kier alpha value is -2.95. The Kier molecular flexibility index (Phi) is 7.35. The van der Waals surface area contributed by atoms with Crippen LogP contribution in [0.25, 0.3) is 22.4 Å². The third kappa shape index (κ3) is 5.05. The number of rotatable bonds is 6. The SMILES string of the molecule is CC[C@@H]1COCCN1c1nc2nc(C3NOC(=O)N3)nc(-c3cccc(Cl)c3)c2n1C(C)C1CCC(C)CC1. The molecule has 1 saturated carbocycles. The smallest absolute Gasteiger partial charge is 0.377 e. The molecule has 3 aliphatic rings. The molecule has 1 amide bonds. The average molecular weight is 554 g/mol. The molecule has 39 heavy (non-hydrogen) atoms. The number of benzene rings is 1. The predicted molar refractivity (Wildman–Crippen MR) is 149 cm³/mol. The van der Waals surface area contributed by atoms with E-state index in [4.69, 9.17) is 36.1 Å². The summed E-state index contributed by atoms with van der Waals surface area (Å²) >= 11 is 6.46. The molecular formula is C28H36ClN7O3. The summed E-state index contributed by atoms with van der Waals surface area (Å²) in [4.78, 5) is 34.2. The number of fused-ring (bicyclic) bond motifs is 1. The van der Waals surface area contributed by atoms with Gasteiger partial charge in [-0.25, -0.2) is 14.8 Å². The quantitative estimate of drug-likeness (QED) is 0.418. The minimum Gasteiger partial charge on any atom is -0.377 e. The maximum Gasteiger partial charge on any atom is 0.427 e. The normalized spacial score (nSPS) is 26.5. The highest BCUT2D eigenvalue weighted by molar-refractivity contribution is 6.30. The van der Waals surface area contributed by atoms with Gasteiger partial charge in [-0.2, -0.15) is 4.98 Å². The fraction of sp³-hybridized carbons (Fsp3) is 0.571. The molecule has 2 aromatic heterocycles. The van der Waals surface area contributed by atoms with Crippen LogP contribution in [0.1, 0.15) is 70.9 Å². The lowest BCUT2D eigenvalue weighted by Gasteiger charge is -2.38. The van der Waals surface area contributed by atoms with Crippen molar-refractivity contribution in [2.45, 2.75) is 71.1 Å². The standard InChI is InChI=1S/C28H36ClN7O3/c1-4-21-15-38-13-12-35(21)27-32-24-23(36(27)17(3)18-10-8-16(2)9-11-18)22(19-6-5-7-20(29)14-19)30-25(31-24)26-33-28(37)39-34-26/h5-7,14,16-18,21,26,34H,4,8-13,15H2,1-3H3,(H,33,37)/t16?,17?,18?,21-,26?/m1/s1.